The van der Waals surface area contributed by atoms with Crippen LogP contribution in [-0.2, 0) is 17.9 Å². The lowest BCUT2D eigenvalue weighted by Crippen LogP contribution is -2.36. The normalized spacial score (nSPS) is 12.0. The predicted molar refractivity (Wildman–Crippen MR) is 113 cm³/mol. The smallest absolute Gasteiger partial charge is 0.236 e. The van der Waals surface area contributed by atoms with Crippen LogP contribution in [0.1, 0.15) is 30.8 Å². The SMILES string of the molecule is CCN(Cc1ccccc1)C(=O)C(C)Sc1nnc(C)n1Cc1ccccc1. The highest BCUT2D eigenvalue weighted by atomic mass is 32.2. The number of aryl methyl sites for hydroxylation is 1. The van der Waals surface area contributed by atoms with E-state index in [1.807, 2.05) is 74.2 Å². The Labute approximate surface area is 170 Å². The summed E-state index contributed by atoms with van der Waals surface area (Å²) < 4.78 is 2.07. The summed E-state index contributed by atoms with van der Waals surface area (Å²) in [5.74, 6) is 0.964. The van der Waals surface area contributed by atoms with Gasteiger partial charge in [0.2, 0.25) is 5.91 Å². The van der Waals surface area contributed by atoms with E-state index in [2.05, 4.69) is 26.9 Å². The molecule has 0 aliphatic heterocycles. The van der Waals surface area contributed by atoms with Crippen LogP contribution < -0.4 is 0 Å². The lowest BCUT2D eigenvalue weighted by Gasteiger charge is -2.24. The van der Waals surface area contributed by atoms with E-state index in [1.54, 1.807) is 0 Å². The molecular weight excluding hydrogens is 368 g/mol. The zero-order chi connectivity index (χ0) is 19.9. The van der Waals surface area contributed by atoms with Gasteiger partial charge in [-0.15, -0.1) is 10.2 Å². The summed E-state index contributed by atoms with van der Waals surface area (Å²) in [6.07, 6.45) is 0. The molecule has 1 heterocycles. The molecule has 146 valence electrons. The first kappa shape index (κ1) is 20.1. The maximum Gasteiger partial charge on any atom is 0.236 e. The number of amides is 1. The van der Waals surface area contributed by atoms with E-state index in [9.17, 15) is 4.79 Å². The third kappa shape index (κ3) is 5.01. The molecule has 0 aliphatic rings. The number of benzene rings is 2. The summed E-state index contributed by atoms with van der Waals surface area (Å²) in [6, 6.07) is 20.3. The minimum atomic E-state index is -0.234. The van der Waals surface area contributed by atoms with Crippen LogP contribution in [0.4, 0.5) is 0 Å². The number of nitrogens with zero attached hydrogens (tertiary/aromatic N) is 4. The third-order valence-electron chi connectivity index (χ3n) is 4.62. The monoisotopic (exact) mass is 394 g/mol. The predicted octanol–water partition coefficient (Wildman–Crippen LogP) is 4.16. The van der Waals surface area contributed by atoms with Crippen molar-refractivity contribution in [2.24, 2.45) is 0 Å². The number of hydrogen-bond acceptors (Lipinski definition) is 4. The number of thioether (sulfide) groups is 1. The van der Waals surface area contributed by atoms with Crippen molar-refractivity contribution in [3.63, 3.8) is 0 Å². The summed E-state index contributed by atoms with van der Waals surface area (Å²) in [5, 5.41) is 9.08. The fourth-order valence-electron chi connectivity index (χ4n) is 3.01. The van der Waals surface area contributed by atoms with Crippen LogP contribution in [0.5, 0.6) is 0 Å². The topological polar surface area (TPSA) is 51.0 Å². The molecule has 6 heteroatoms. The highest BCUT2D eigenvalue weighted by molar-refractivity contribution is 8.00. The summed E-state index contributed by atoms with van der Waals surface area (Å²) in [7, 11) is 0. The molecular formula is C22H26N4OS. The second-order valence-corrected chi connectivity index (χ2v) is 8.01. The number of carbonyl (C=O) groups excluding carboxylic acids is 1. The first-order chi connectivity index (χ1) is 13.6. The van der Waals surface area contributed by atoms with E-state index < -0.39 is 0 Å². The van der Waals surface area contributed by atoms with Crippen LogP contribution in [-0.4, -0.2) is 37.4 Å². The molecule has 0 spiro atoms. The average molecular weight is 395 g/mol. The van der Waals surface area contributed by atoms with Crippen LogP contribution in [0.2, 0.25) is 0 Å². The van der Waals surface area contributed by atoms with Gasteiger partial charge in [-0.3, -0.25) is 4.79 Å². The van der Waals surface area contributed by atoms with Gasteiger partial charge in [0.15, 0.2) is 5.16 Å². The molecule has 1 atom stereocenters. The Balaban J connectivity index is 1.70. The van der Waals surface area contributed by atoms with E-state index in [0.29, 0.717) is 19.6 Å². The Kier molecular flexibility index (Phi) is 6.87. The van der Waals surface area contributed by atoms with Crippen molar-refractivity contribution in [2.75, 3.05) is 6.54 Å². The zero-order valence-corrected chi connectivity index (χ0v) is 17.4. The second kappa shape index (κ2) is 9.55. The third-order valence-corrected chi connectivity index (χ3v) is 5.69. The lowest BCUT2D eigenvalue weighted by atomic mass is 10.2. The summed E-state index contributed by atoms with van der Waals surface area (Å²) in [6.45, 7) is 7.90. The number of rotatable bonds is 8. The van der Waals surface area contributed by atoms with Gasteiger partial charge < -0.3 is 9.47 Å². The molecule has 1 unspecified atom stereocenters. The Morgan fingerprint density at radius 3 is 2.25 bits per heavy atom. The number of hydrogen-bond donors (Lipinski definition) is 0. The van der Waals surface area contributed by atoms with E-state index in [-0.39, 0.29) is 11.2 Å². The van der Waals surface area contributed by atoms with Crippen molar-refractivity contribution in [1.29, 1.82) is 0 Å². The molecule has 0 bridgehead atoms. The Morgan fingerprint density at radius 1 is 1.04 bits per heavy atom. The minimum absolute atomic E-state index is 0.114. The summed E-state index contributed by atoms with van der Waals surface area (Å²) in [4.78, 5) is 14.9. The quantitative estimate of drug-likeness (QED) is 0.538. The van der Waals surface area contributed by atoms with E-state index >= 15 is 0 Å². The maximum absolute atomic E-state index is 13.0. The van der Waals surface area contributed by atoms with Crippen molar-refractivity contribution >= 4 is 17.7 Å². The minimum Gasteiger partial charge on any atom is -0.338 e. The van der Waals surface area contributed by atoms with E-state index in [0.717, 1.165) is 16.5 Å². The maximum atomic E-state index is 13.0. The van der Waals surface area contributed by atoms with Crippen molar-refractivity contribution in [2.45, 2.75) is 44.3 Å². The average Bonchev–Trinajstić information content (AvgIpc) is 3.06. The standard InChI is InChI=1S/C22H26N4OS/c1-4-25(15-19-11-7-5-8-12-19)21(27)17(2)28-22-24-23-18(3)26(22)16-20-13-9-6-10-14-20/h5-14,17H,4,15-16H2,1-3H3. The highest BCUT2D eigenvalue weighted by Crippen LogP contribution is 2.25. The summed E-state index contributed by atoms with van der Waals surface area (Å²) >= 11 is 1.47. The molecule has 0 saturated heterocycles. The van der Waals surface area contributed by atoms with Crippen LogP contribution in [0.15, 0.2) is 65.8 Å². The first-order valence-corrected chi connectivity index (χ1v) is 10.4. The Hall–Kier alpha value is -2.60. The van der Waals surface area contributed by atoms with E-state index in [4.69, 9.17) is 0 Å². The van der Waals surface area contributed by atoms with Gasteiger partial charge in [0.05, 0.1) is 11.8 Å². The van der Waals surface area contributed by atoms with Gasteiger partial charge in [-0.2, -0.15) is 0 Å². The second-order valence-electron chi connectivity index (χ2n) is 6.70. The van der Waals surface area contributed by atoms with Crippen LogP contribution >= 0.6 is 11.8 Å². The van der Waals surface area contributed by atoms with Gasteiger partial charge in [0.25, 0.3) is 0 Å². The Morgan fingerprint density at radius 2 is 1.64 bits per heavy atom. The lowest BCUT2D eigenvalue weighted by molar-refractivity contribution is -0.130. The molecule has 0 N–H and O–H groups in total. The largest absolute Gasteiger partial charge is 0.338 e. The van der Waals surface area contributed by atoms with Gasteiger partial charge in [-0.1, -0.05) is 72.4 Å². The molecule has 1 aromatic heterocycles. The first-order valence-electron chi connectivity index (χ1n) is 9.51. The van der Waals surface area contributed by atoms with Crippen molar-refractivity contribution < 1.29 is 4.79 Å². The molecule has 5 nitrogen and oxygen atoms in total. The Bertz CT molecular complexity index is 895. The van der Waals surface area contributed by atoms with Crippen LogP contribution in [0.3, 0.4) is 0 Å². The van der Waals surface area contributed by atoms with Crippen LogP contribution in [0, 0.1) is 6.92 Å². The molecule has 0 aliphatic carbocycles. The molecule has 1 amide bonds. The van der Waals surface area contributed by atoms with E-state index in [1.165, 1.54) is 17.3 Å². The molecule has 3 aromatic rings. The van der Waals surface area contributed by atoms with Crippen molar-refractivity contribution in [3.8, 4) is 0 Å². The molecule has 0 saturated carbocycles. The highest BCUT2D eigenvalue weighted by Gasteiger charge is 2.23. The van der Waals surface area contributed by atoms with Crippen molar-refractivity contribution in [1.82, 2.24) is 19.7 Å². The fraction of sp³-hybridized carbons (Fsp3) is 0.318. The van der Waals surface area contributed by atoms with Gasteiger partial charge in [0.1, 0.15) is 5.82 Å². The number of aromatic nitrogens is 3. The molecule has 0 fully saturated rings. The molecule has 0 radical (unpaired) electrons. The zero-order valence-electron chi connectivity index (χ0n) is 16.6. The van der Waals surface area contributed by atoms with Gasteiger partial charge in [0, 0.05) is 13.1 Å². The molecule has 2 aromatic carbocycles. The van der Waals surface area contributed by atoms with Crippen LogP contribution in [0.25, 0.3) is 0 Å². The molecule has 3 rings (SSSR count). The van der Waals surface area contributed by atoms with Gasteiger partial charge in [-0.25, -0.2) is 0 Å². The van der Waals surface area contributed by atoms with Gasteiger partial charge >= 0.3 is 0 Å². The summed E-state index contributed by atoms with van der Waals surface area (Å²) in [5.41, 5.74) is 2.32. The van der Waals surface area contributed by atoms with Gasteiger partial charge in [-0.05, 0) is 31.9 Å². The fourth-order valence-corrected chi connectivity index (χ4v) is 3.99. The molecule has 28 heavy (non-hydrogen) atoms. The van der Waals surface area contributed by atoms with Crippen molar-refractivity contribution in [3.05, 3.63) is 77.6 Å². The number of carbonyl (C=O) groups is 1.